The van der Waals surface area contributed by atoms with Crippen LogP contribution in [-0.2, 0) is 11.2 Å². The van der Waals surface area contributed by atoms with Crippen LogP contribution >= 0.6 is 22.6 Å². The molecular formula is C13H15IN2O. The molecule has 3 rings (SSSR count). The Morgan fingerprint density at radius 1 is 1.29 bits per heavy atom. The second-order valence-corrected chi connectivity index (χ2v) is 5.56. The van der Waals surface area contributed by atoms with Gasteiger partial charge >= 0.3 is 0 Å². The van der Waals surface area contributed by atoms with Crippen LogP contribution in [0.15, 0.2) is 18.3 Å². The molecule has 1 saturated heterocycles. The average molecular weight is 342 g/mol. The summed E-state index contributed by atoms with van der Waals surface area (Å²) < 4.78 is 6.82. The van der Waals surface area contributed by atoms with Gasteiger partial charge in [-0.25, -0.2) is 0 Å². The molecule has 0 aromatic carbocycles. The summed E-state index contributed by atoms with van der Waals surface area (Å²) in [5.41, 5.74) is 3.76. The number of hydrogen-bond donors (Lipinski definition) is 0. The van der Waals surface area contributed by atoms with Gasteiger partial charge in [0.2, 0.25) is 0 Å². The second kappa shape index (κ2) is 4.94. The largest absolute Gasteiger partial charge is 0.380 e. The van der Waals surface area contributed by atoms with E-state index in [1.165, 1.54) is 20.5 Å². The summed E-state index contributed by atoms with van der Waals surface area (Å²) in [6.45, 7) is 3.75. The normalized spacial score (nSPS) is 19.8. The zero-order valence-corrected chi connectivity index (χ0v) is 11.8. The van der Waals surface area contributed by atoms with E-state index in [-0.39, 0.29) is 0 Å². The van der Waals surface area contributed by atoms with Crippen LogP contribution in [0.4, 0.5) is 5.69 Å². The molecule has 1 aromatic heterocycles. The maximum absolute atomic E-state index is 5.49. The third-order valence-electron chi connectivity index (χ3n) is 3.28. The van der Waals surface area contributed by atoms with Crippen LogP contribution in [0.5, 0.6) is 0 Å². The van der Waals surface area contributed by atoms with E-state index in [0.717, 1.165) is 39.1 Å². The quantitative estimate of drug-likeness (QED) is 0.734. The molecule has 17 heavy (non-hydrogen) atoms. The number of hydrogen-bond acceptors (Lipinski definition) is 3. The van der Waals surface area contributed by atoms with Crippen molar-refractivity contribution in [2.24, 2.45) is 0 Å². The Bertz CT molecular complexity index is 451. The molecule has 90 valence electrons. The summed E-state index contributed by atoms with van der Waals surface area (Å²) in [6.07, 6.45) is 6.34. The minimum Gasteiger partial charge on any atom is -0.380 e. The van der Waals surface area contributed by atoms with Crippen LogP contribution in [0.1, 0.15) is 17.7 Å². The molecule has 1 aliphatic heterocycles. The van der Waals surface area contributed by atoms with Crippen molar-refractivity contribution >= 4 is 31.9 Å². The van der Waals surface area contributed by atoms with Crippen LogP contribution in [-0.4, -0.2) is 31.3 Å². The first kappa shape index (κ1) is 11.5. The van der Waals surface area contributed by atoms with Crippen molar-refractivity contribution in [3.63, 3.8) is 0 Å². The molecule has 0 unspecified atom stereocenters. The molecule has 0 amide bonds. The van der Waals surface area contributed by atoms with Gasteiger partial charge in [0.15, 0.2) is 0 Å². The fourth-order valence-electron chi connectivity index (χ4n) is 2.32. The molecule has 0 bridgehead atoms. The fourth-order valence-corrected chi connectivity index (χ4v) is 3.01. The Kier molecular flexibility index (Phi) is 3.33. The Balaban J connectivity index is 1.88. The molecule has 3 nitrogen and oxygen atoms in total. The van der Waals surface area contributed by atoms with Crippen molar-refractivity contribution in [3.05, 3.63) is 29.6 Å². The first-order valence-corrected chi connectivity index (χ1v) is 7.10. The smallest absolute Gasteiger partial charge is 0.0641 e. The van der Waals surface area contributed by atoms with Crippen LogP contribution in [0, 0.1) is 0 Å². The minimum absolute atomic E-state index is 0.823. The van der Waals surface area contributed by atoms with Gasteiger partial charge in [-0.3, -0.25) is 4.98 Å². The van der Waals surface area contributed by atoms with Gasteiger partial charge in [0.05, 0.1) is 24.2 Å². The van der Waals surface area contributed by atoms with Gasteiger partial charge in [0, 0.05) is 35.3 Å². The summed E-state index contributed by atoms with van der Waals surface area (Å²) in [5.74, 6) is 0. The Morgan fingerprint density at radius 3 is 3.18 bits per heavy atom. The van der Waals surface area contributed by atoms with Crippen molar-refractivity contribution in [1.82, 2.24) is 4.98 Å². The van der Waals surface area contributed by atoms with E-state index in [0.29, 0.717) is 0 Å². The van der Waals surface area contributed by atoms with Crippen molar-refractivity contribution < 1.29 is 4.74 Å². The third kappa shape index (κ3) is 2.33. The number of rotatable bonds is 1. The molecule has 0 spiro atoms. The van der Waals surface area contributed by atoms with E-state index in [9.17, 15) is 0 Å². The molecule has 1 fully saturated rings. The third-order valence-corrected chi connectivity index (χ3v) is 4.30. The SMILES string of the molecule is IC1=CCc2ncc(N3CCCOCC3)cc21. The van der Waals surface area contributed by atoms with Gasteiger partial charge < -0.3 is 9.64 Å². The lowest BCUT2D eigenvalue weighted by Gasteiger charge is -2.22. The lowest BCUT2D eigenvalue weighted by molar-refractivity contribution is 0.152. The summed E-state index contributed by atoms with van der Waals surface area (Å²) in [4.78, 5) is 6.95. The molecule has 1 aliphatic carbocycles. The molecule has 4 heteroatoms. The molecule has 0 N–H and O–H groups in total. The molecule has 2 heterocycles. The Morgan fingerprint density at radius 2 is 2.24 bits per heavy atom. The molecule has 1 aromatic rings. The predicted octanol–water partition coefficient (Wildman–Crippen LogP) is 2.64. The predicted molar refractivity (Wildman–Crippen MR) is 77.6 cm³/mol. The van der Waals surface area contributed by atoms with E-state index in [4.69, 9.17) is 4.74 Å². The highest BCUT2D eigenvalue weighted by molar-refractivity contribution is 14.1. The first-order chi connectivity index (χ1) is 8.34. The lowest BCUT2D eigenvalue weighted by Crippen LogP contribution is -2.26. The van der Waals surface area contributed by atoms with Crippen LogP contribution in [0.25, 0.3) is 3.58 Å². The van der Waals surface area contributed by atoms with Crippen LogP contribution in [0.3, 0.4) is 0 Å². The zero-order chi connectivity index (χ0) is 11.7. The average Bonchev–Trinajstić information content (AvgIpc) is 2.58. The molecule has 0 radical (unpaired) electrons. The Labute approximate surface area is 115 Å². The second-order valence-electron chi connectivity index (χ2n) is 4.40. The van der Waals surface area contributed by atoms with Gasteiger partial charge in [-0.15, -0.1) is 0 Å². The molecule has 2 aliphatic rings. The van der Waals surface area contributed by atoms with Gasteiger partial charge in [0.25, 0.3) is 0 Å². The van der Waals surface area contributed by atoms with E-state index < -0.39 is 0 Å². The van der Waals surface area contributed by atoms with E-state index >= 15 is 0 Å². The number of aromatic nitrogens is 1. The maximum atomic E-state index is 5.49. The number of nitrogens with zero attached hydrogens (tertiary/aromatic N) is 2. The lowest BCUT2D eigenvalue weighted by atomic mass is 10.2. The van der Waals surface area contributed by atoms with Gasteiger partial charge in [0.1, 0.15) is 0 Å². The highest BCUT2D eigenvalue weighted by Crippen LogP contribution is 2.33. The van der Waals surface area contributed by atoms with E-state index in [1.807, 2.05) is 6.20 Å². The summed E-state index contributed by atoms with van der Waals surface area (Å²) in [6, 6.07) is 2.28. The number of fused-ring (bicyclic) bond motifs is 1. The van der Waals surface area contributed by atoms with Crippen LogP contribution in [0.2, 0.25) is 0 Å². The maximum Gasteiger partial charge on any atom is 0.0641 e. The Hall–Kier alpha value is -0.620. The van der Waals surface area contributed by atoms with Gasteiger partial charge in [-0.1, -0.05) is 6.08 Å². The summed E-state index contributed by atoms with van der Waals surface area (Å²) >= 11 is 2.40. The topological polar surface area (TPSA) is 25.4 Å². The van der Waals surface area contributed by atoms with Crippen molar-refractivity contribution in [2.45, 2.75) is 12.8 Å². The van der Waals surface area contributed by atoms with Gasteiger partial charge in [-0.05, 0) is 35.1 Å². The number of halogens is 1. The van der Waals surface area contributed by atoms with Crippen molar-refractivity contribution in [2.75, 3.05) is 31.2 Å². The van der Waals surface area contributed by atoms with E-state index in [2.05, 4.69) is 44.6 Å². The molecular weight excluding hydrogens is 327 g/mol. The highest BCUT2D eigenvalue weighted by atomic mass is 127. The zero-order valence-electron chi connectivity index (χ0n) is 9.66. The summed E-state index contributed by atoms with van der Waals surface area (Å²) in [5, 5.41) is 0. The molecule has 0 atom stereocenters. The van der Waals surface area contributed by atoms with E-state index in [1.54, 1.807) is 0 Å². The summed E-state index contributed by atoms with van der Waals surface area (Å²) in [7, 11) is 0. The number of anilines is 1. The first-order valence-electron chi connectivity index (χ1n) is 6.02. The van der Waals surface area contributed by atoms with Crippen LogP contribution < -0.4 is 4.90 Å². The van der Waals surface area contributed by atoms with Gasteiger partial charge in [-0.2, -0.15) is 0 Å². The standard InChI is InChI=1S/C13H15IN2O/c14-12-2-3-13-11(12)8-10(9-15-13)16-4-1-6-17-7-5-16/h2,8-9H,1,3-7H2. The highest BCUT2D eigenvalue weighted by Gasteiger charge is 2.16. The number of allylic oxidation sites excluding steroid dienone is 1. The minimum atomic E-state index is 0.823. The molecule has 0 saturated carbocycles. The van der Waals surface area contributed by atoms with Crippen molar-refractivity contribution in [1.29, 1.82) is 0 Å². The fraction of sp³-hybridized carbons (Fsp3) is 0.462. The number of ether oxygens (including phenoxy) is 1. The number of pyridine rings is 1. The van der Waals surface area contributed by atoms with Crippen molar-refractivity contribution in [3.8, 4) is 0 Å². The monoisotopic (exact) mass is 342 g/mol.